The van der Waals surface area contributed by atoms with E-state index >= 15 is 0 Å². The van der Waals surface area contributed by atoms with Crippen LogP contribution in [0.15, 0.2) is 71.6 Å². The van der Waals surface area contributed by atoms with Crippen LogP contribution in [0.3, 0.4) is 0 Å². The summed E-state index contributed by atoms with van der Waals surface area (Å²) in [5, 5.41) is 2.77. The number of carbonyl (C=O) groups is 1. The number of benzene rings is 3. The van der Waals surface area contributed by atoms with E-state index in [0.29, 0.717) is 16.9 Å². The van der Waals surface area contributed by atoms with Crippen LogP contribution in [-0.4, -0.2) is 14.3 Å². The summed E-state index contributed by atoms with van der Waals surface area (Å²) < 4.78 is 28.0. The quantitative estimate of drug-likeness (QED) is 0.661. The number of anilines is 2. The summed E-state index contributed by atoms with van der Waals surface area (Å²) in [6.07, 6.45) is 0. The number of rotatable bonds is 5. The lowest BCUT2D eigenvalue weighted by Gasteiger charge is -2.13. The highest BCUT2D eigenvalue weighted by Gasteiger charge is 2.16. The van der Waals surface area contributed by atoms with E-state index in [4.69, 9.17) is 0 Å². The third kappa shape index (κ3) is 4.40. The van der Waals surface area contributed by atoms with Crippen molar-refractivity contribution in [3.05, 3.63) is 89.0 Å². The lowest BCUT2D eigenvalue weighted by atomic mass is 10.1. The molecule has 0 aliphatic carbocycles. The van der Waals surface area contributed by atoms with Gasteiger partial charge in [-0.3, -0.25) is 9.52 Å². The average Bonchev–Trinajstić information content (AvgIpc) is 2.66. The SMILES string of the molecule is Cc1ccc(C(=O)Nc2ccc(S(=O)(=O)Nc3c(C)cccc3C)cc2)cc1. The van der Waals surface area contributed by atoms with Crippen LogP contribution in [0.1, 0.15) is 27.0 Å². The zero-order valence-electron chi connectivity index (χ0n) is 16.0. The monoisotopic (exact) mass is 394 g/mol. The molecule has 28 heavy (non-hydrogen) atoms. The Morgan fingerprint density at radius 1 is 0.786 bits per heavy atom. The molecule has 3 aromatic carbocycles. The summed E-state index contributed by atoms with van der Waals surface area (Å²) in [6, 6.07) is 18.9. The zero-order chi connectivity index (χ0) is 20.3. The summed E-state index contributed by atoms with van der Waals surface area (Å²) >= 11 is 0. The Morgan fingerprint density at radius 2 is 1.36 bits per heavy atom. The number of hydrogen-bond donors (Lipinski definition) is 2. The molecule has 144 valence electrons. The van der Waals surface area contributed by atoms with Gasteiger partial charge in [0.2, 0.25) is 0 Å². The molecule has 0 aliphatic rings. The van der Waals surface area contributed by atoms with Gasteiger partial charge in [-0.25, -0.2) is 8.42 Å². The molecule has 5 nitrogen and oxygen atoms in total. The van der Waals surface area contributed by atoms with Crippen molar-refractivity contribution in [3.8, 4) is 0 Å². The van der Waals surface area contributed by atoms with Gasteiger partial charge < -0.3 is 5.32 Å². The van der Waals surface area contributed by atoms with Gasteiger partial charge in [-0.05, 0) is 68.3 Å². The number of nitrogens with one attached hydrogen (secondary N) is 2. The Balaban J connectivity index is 1.76. The molecule has 3 rings (SSSR count). The fraction of sp³-hybridized carbons (Fsp3) is 0.136. The minimum atomic E-state index is -3.72. The highest BCUT2D eigenvalue weighted by atomic mass is 32.2. The van der Waals surface area contributed by atoms with Gasteiger partial charge in [-0.1, -0.05) is 35.9 Å². The molecule has 0 heterocycles. The molecular weight excluding hydrogens is 372 g/mol. The number of hydrogen-bond acceptors (Lipinski definition) is 3. The summed E-state index contributed by atoms with van der Waals surface area (Å²) in [5.41, 5.74) is 4.42. The first-order valence-electron chi connectivity index (χ1n) is 8.83. The molecule has 2 N–H and O–H groups in total. The van der Waals surface area contributed by atoms with Crippen molar-refractivity contribution in [2.45, 2.75) is 25.7 Å². The van der Waals surface area contributed by atoms with Gasteiger partial charge in [0.15, 0.2) is 0 Å². The Labute approximate surface area is 165 Å². The second kappa shape index (κ2) is 7.86. The first kappa shape index (κ1) is 19.6. The molecule has 0 atom stereocenters. The van der Waals surface area contributed by atoms with Crippen LogP contribution in [0.4, 0.5) is 11.4 Å². The summed E-state index contributed by atoms with van der Waals surface area (Å²) in [4.78, 5) is 12.4. The fourth-order valence-corrected chi connectivity index (χ4v) is 4.00. The van der Waals surface area contributed by atoms with Crippen molar-refractivity contribution in [1.29, 1.82) is 0 Å². The Bertz CT molecular complexity index is 1080. The third-order valence-electron chi connectivity index (χ3n) is 4.45. The molecule has 6 heteroatoms. The van der Waals surface area contributed by atoms with E-state index in [1.165, 1.54) is 12.1 Å². The minimum absolute atomic E-state index is 0.128. The van der Waals surface area contributed by atoms with E-state index in [1.54, 1.807) is 24.3 Å². The van der Waals surface area contributed by atoms with Crippen molar-refractivity contribution in [3.63, 3.8) is 0 Å². The molecule has 0 aromatic heterocycles. The highest BCUT2D eigenvalue weighted by molar-refractivity contribution is 7.92. The average molecular weight is 394 g/mol. The molecule has 0 saturated heterocycles. The second-order valence-electron chi connectivity index (χ2n) is 6.72. The molecule has 0 aliphatic heterocycles. The number of carbonyl (C=O) groups excluding carboxylic acids is 1. The van der Waals surface area contributed by atoms with E-state index in [9.17, 15) is 13.2 Å². The molecule has 0 fully saturated rings. The van der Waals surface area contributed by atoms with Crippen molar-refractivity contribution in [1.82, 2.24) is 0 Å². The molecule has 0 unspecified atom stereocenters. The van der Waals surface area contributed by atoms with Gasteiger partial charge in [-0.2, -0.15) is 0 Å². The van der Waals surface area contributed by atoms with Crippen LogP contribution < -0.4 is 10.0 Å². The van der Waals surface area contributed by atoms with Crippen LogP contribution in [0.25, 0.3) is 0 Å². The van der Waals surface area contributed by atoms with Crippen molar-refractivity contribution in [2.75, 3.05) is 10.0 Å². The molecule has 0 saturated carbocycles. The van der Waals surface area contributed by atoms with Crippen LogP contribution in [0.5, 0.6) is 0 Å². The number of sulfonamides is 1. The van der Waals surface area contributed by atoms with Gasteiger partial charge in [0.1, 0.15) is 0 Å². The van der Waals surface area contributed by atoms with Gasteiger partial charge >= 0.3 is 0 Å². The minimum Gasteiger partial charge on any atom is -0.322 e. The van der Waals surface area contributed by atoms with Crippen LogP contribution in [-0.2, 0) is 10.0 Å². The van der Waals surface area contributed by atoms with E-state index < -0.39 is 10.0 Å². The molecular formula is C22H22N2O3S. The Hall–Kier alpha value is -3.12. The predicted molar refractivity (Wildman–Crippen MR) is 112 cm³/mol. The lowest BCUT2D eigenvalue weighted by molar-refractivity contribution is 0.102. The maximum Gasteiger partial charge on any atom is 0.261 e. The summed E-state index contributed by atoms with van der Waals surface area (Å²) in [5.74, 6) is -0.246. The van der Waals surface area contributed by atoms with Crippen molar-refractivity contribution in [2.24, 2.45) is 0 Å². The van der Waals surface area contributed by atoms with Crippen LogP contribution >= 0.6 is 0 Å². The third-order valence-corrected chi connectivity index (χ3v) is 5.82. The van der Waals surface area contributed by atoms with Crippen molar-refractivity contribution < 1.29 is 13.2 Å². The van der Waals surface area contributed by atoms with E-state index in [1.807, 2.05) is 51.1 Å². The molecule has 1 amide bonds. The number of para-hydroxylation sites is 1. The van der Waals surface area contributed by atoms with Crippen LogP contribution in [0.2, 0.25) is 0 Å². The predicted octanol–water partition coefficient (Wildman–Crippen LogP) is 4.66. The summed E-state index contributed by atoms with van der Waals surface area (Å²) in [6.45, 7) is 5.66. The normalized spacial score (nSPS) is 11.1. The fourth-order valence-electron chi connectivity index (χ4n) is 2.79. The first-order valence-corrected chi connectivity index (χ1v) is 10.3. The maximum atomic E-state index is 12.7. The summed E-state index contributed by atoms with van der Waals surface area (Å²) in [7, 11) is -3.72. The lowest BCUT2D eigenvalue weighted by Crippen LogP contribution is -2.15. The van der Waals surface area contributed by atoms with Gasteiger partial charge in [0, 0.05) is 11.3 Å². The van der Waals surface area contributed by atoms with Gasteiger partial charge in [0.05, 0.1) is 10.6 Å². The molecule has 0 spiro atoms. The second-order valence-corrected chi connectivity index (χ2v) is 8.40. The maximum absolute atomic E-state index is 12.7. The van der Waals surface area contributed by atoms with E-state index in [0.717, 1.165) is 16.7 Å². The molecule has 0 bridgehead atoms. The largest absolute Gasteiger partial charge is 0.322 e. The molecule has 0 radical (unpaired) electrons. The van der Waals surface area contributed by atoms with Crippen molar-refractivity contribution >= 4 is 27.3 Å². The standard InChI is InChI=1S/C22H22N2O3S/c1-15-7-9-18(10-8-15)22(25)23-19-11-13-20(14-12-19)28(26,27)24-21-16(2)5-4-6-17(21)3/h4-14,24H,1-3H3,(H,23,25). The van der Waals surface area contributed by atoms with E-state index in [-0.39, 0.29) is 10.8 Å². The highest BCUT2D eigenvalue weighted by Crippen LogP contribution is 2.24. The molecule has 3 aromatic rings. The van der Waals surface area contributed by atoms with E-state index in [2.05, 4.69) is 10.0 Å². The van der Waals surface area contributed by atoms with Gasteiger partial charge in [0.25, 0.3) is 15.9 Å². The number of aryl methyl sites for hydroxylation is 3. The van der Waals surface area contributed by atoms with Crippen LogP contribution in [0, 0.1) is 20.8 Å². The Morgan fingerprint density at radius 3 is 1.93 bits per heavy atom. The first-order chi connectivity index (χ1) is 13.3. The topological polar surface area (TPSA) is 75.3 Å². The Kier molecular flexibility index (Phi) is 5.51. The number of amides is 1. The smallest absolute Gasteiger partial charge is 0.261 e. The zero-order valence-corrected chi connectivity index (χ0v) is 16.8. The van der Waals surface area contributed by atoms with Gasteiger partial charge in [-0.15, -0.1) is 0 Å².